The minimum absolute atomic E-state index is 0.534. The summed E-state index contributed by atoms with van der Waals surface area (Å²) in [6.45, 7) is 5.75. The molecule has 0 spiro atoms. The first-order chi connectivity index (χ1) is 8.71. The van der Waals surface area contributed by atoms with Gasteiger partial charge < -0.3 is 5.32 Å². The summed E-state index contributed by atoms with van der Waals surface area (Å²) in [6, 6.07) is 0. The molecule has 3 heteroatoms. The maximum Gasteiger partial charge on any atom is 0.132 e. The Hall–Kier alpha value is -1.12. The molecule has 3 nitrogen and oxygen atoms in total. The zero-order valence-corrected chi connectivity index (χ0v) is 11.5. The highest BCUT2D eigenvalue weighted by molar-refractivity contribution is 5.47. The van der Waals surface area contributed by atoms with E-state index in [2.05, 4.69) is 29.1 Å². The van der Waals surface area contributed by atoms with Crippen molar-refractivity contribution in [2.24, 2.45) is 11.3 Å². The van der Waals surface area contributed by atoms with Gasteiger partial charge in [-0.25, -0.2) is 9.97 Å². The molecule has 0 amide bonds. The second-order valence-corrected chi connectivity index (χ2v) is 6.23. The number of hydrogen-bond donors (Lipinski definition) is 1. The molecule has 0 bridgehead atoms. The first-order valence-electron chi connectivity index (χ1n) is 7.28. The lowest BCUT2D eigenvalue weighted by Gasteiger charge is -2.23. The Morgan fingerprint density at radius 3 is 2.72 bits per heavy atom. The van der Waals surface area contributed by atoms with Gasteiger partial charge in [-0.2, -0.15) is 0 Å². The molecule has 1 heterocycles. The minimum atomic E-state index is 0.534. The van der Waals surface area contributed by atoms with Gasteiger partial charge in [0.1, 0.15) is 12.1 Å². The van der Waals surface area contributed by atoms with E-state index < -0.39 is 0 Å². The second kappa shape index (κ2) is 4.52. The van der Waals surface area contributed by atoms with Crippen molar-refractivity contribution >= 4 is 5.82 Å². The third-order valence-corrected chi connectivity index (χ3v) is 4.85. The number of rotatable bonds is 4. The molecule has 0 aromatic carbocycles. The maximum absolute atomic E-state index is 4.46. The van der Waals surface area contributed by atoms with Crippen LogP contribution in [0.3, 0.4) is 0 Å². The summed E-state index contributed by atoms with van der Waals surface area (Å²) in [5.74, 6) is 1.87. The van der Waals surface area contributed by atoms with Crippen LogP contribution in [-0.4, -0.2) is 16.5 Å². The van der Waals surface area contributed by atoms with Crippen molar-refractivity contribution in [3.05, 3.63) is 17.6 Å². The molecule has 1 fully saturated rings. The summed E-state index contributed by atoms with van der Waals surface area (Å²) in [5.41, 5.74) is 3.18. The molecule has 98 valence electrons. The molecule has 1 aromatic heterocycles. The molecule has 0 radical (unpaired) electrons. The fourth-order valence-corrected chi connectivity index (χ4v) is 3.05. The van der Waals surface area contributed by atoms with Crippen molar-refractivity contribution in [2.75, 3.05) is 11.9 Å². The van der Waals surface area contributed by atoms with Crippen molar-refractivity contribution in [2.45, 2.75) is 52.4 Å². The molecule has 0 atom stereocenters. The van der Waals surface area contributed by atoms with Crippen LogP contribution < -0.4 is 5.32 Å². The zero-order chi connectivity index (χ0) is 12.6. The lowest BCUT2D eigenvalue weighted by Crippen LogP contribution is -2.22. The van der Waals surface area contributed by atoms with Gasteiger partial charge in [-0.15, -0.1) is 0 Å². The van der Waals surface area contributed by atoms with E-state index in [0.717, 1.165) is 31.1 Å². The number of aromatic nitrogens is 2. The van der Waals surface area contributed by atoms with Crippen LogP contribution in [0.15, 0.2) is 6.33 Å². The Labute approximate surface area is 109 Å². The highest BCUT2D eigenvalue weighted by atomic mass is 15.0. The van der Waals surface area contributed by atoms with Crippen molar-refractivity contribution in [1.82, 2.24) is 9.97 Å². The summed E-state index contributed by atoms with van der Waals surface area (Å²) >= 11 is 0. The van der Waals surface area contributed by atoms with E-state index in [1.54, 1.807) is 6.33 Å². The molecule has 0 aliphatic heterocycles. The van der Waals surface area contributed by atoms with Gasteiger partial charge in [-0.05, 0) is 49.9 Å². The summed E-state index contributed by atoms with van der Waals surface area (Å²) in [4.78, 5) is 8.88. The Balaban J connectivity index is 1.73. The van der Waals surface area contributed by atoms with Gasteiger partial charge in [0, 0.05) is 17.8 Å². The van der Waals surface area contributed by atoms with Crippen LogP contribution in [0.5, 0.6) is 0 Å². The van der Waals surface area contributed by atoms with Crippen molar-refractivity contribution in [3.63, 3.8) is 0 Å². The summed E-state index contributed by atoms with van der Waals surface area (Å²) < 4.78 is 0. The van der Waals surface area contributed by atoms with Gasteiger partial charge in [0.15, 0.2) is 0 Å². The quantitative estimate of drug-likeness (QED) is 0.885. The summed E-state index contributed by atoms with van der Waals surface area (Å²) in [7, 11) is 0. The maximum atomic E-state index is 4.46. The number of nitrogens with one attached hydrogen (secondary N) is 1. The Bertz CT molecular complexity index is 435. The largest absolute Gasteiger partial charge is 0.369 e. The minimum Gasteiger partial charge on any atom is -0.369 e. The number of hydrogen-bond acceptors (Lipinski definition) is 3. The van der Waals surface area contributed by atoms with Crippen LogP contribution in [0.4, 0.5) is 5.82 Å². The van der Waals surface area contributed by atoms with Gasteiger partial charge in [-0.1, -0.05) is 13.8 Å². The van der Waals surface area contributed by atoms with Gasteiger partial charge >= 0.3 is 0 Å². The van der Waals surface area contributed by atoms with Crippen LogP contribution in [0.1, 0.15) is 50.8 Å². The van der Waals surface area contributed by atoms with Crippen LogP contribution in [-0.2, 0) is 12.8 Å². The van der Waals surface area contributed by atoms with Crippen LogP contribution >= 0.6 is 0 Å². The number of fused-ring (bicyclic) bond motifs is 1. The first-order valence-corrected chi connectivity index (χ1v) is 7.28. The third-order valence-electron chi connectivity index (χ3n) is 4.85. The molecular weight excluding hydrogens is 222 g/mol. The number of aryl methyl sites for hydroxylation is 1. The predicted octanol–water partition coefficient (Wildman–Crippen LogP) is 3.20. The van der Waals surface area contributed by atoms with Gasteiger partial charge in [-0.3, -0.25) is 0 Å². The summed E-state index contributed by atoms with van der Waals surface area (Å²) in [5, 5.41) is 3.61. The van der Waals surface area contributed by atoms with Crippen molar-refractivity contribution < 1.29 is 0 Å². The highest BCUT2D eigenvalue weighted by Gasteiger charge is 2.45. The summed E-state index contributed by atoms with van der Waals surface area (Å²) in [6.07, 6.45) is 9.29. The molecular formula is C15H23N3. The highest BCUT2D eigenvalue weighted by Crippen LogP contribution is 2.51. The van der Waals surface area contributed by atoms with E-state index in [1.807, 2.05) is 0 Å². The van der Waals surface area contributed by atoms with Crippen LogP contribution in [0.25, 0.3) is 0 Å². The Morgan fingerprint density at radius 2 is 2.00 bits per heavy atom. The molecule has 2 aliphatic carbocycles. The monoisotopic (exact) mass is 245 g/mol. The normalized spacial score (nSPS) is 20.6. The first kappa shape index (κ1) is 11.9. The van der Waals surface area contributed by atoms with Crippen LogP contribution in [0, 0.1) is 11.3 Å². The Kier molecular flexibility index (Phi) is 3.00. The molecule has 0 unspecified atom stereocenters. The average molecular weight is 245 g/mol. The molecule has 1 saturated carbocycles. The lowest BCUT2D eigenvalue weighted by atomic mass is 9.92. The number of nitrogens with zero attached hydrogens (tertiary/aromatic N) is 2. The second-order valence-electron chi connectivity index (χ2n) is 6.23. The van der Waals surface area contributed by atoms with Gasteiger partial charge in [0.25, 0.3) is 0 Å². The average Bonchev–Trinajstić information content (AvgIpc) is 3.17. The van der Waals surface area contributed by atoms with Gasteiger partial charge in [0.05, 0.1) is 0 Å². The fraction of sp³-hybridized carbons (Fsp3) is 0.733. The standard InChI is InChI=1S/C15H23N3/c1-11(2)15(7-8-15)9-16-14-12-5-3-4-6-13(12)17-10-18-14/h10-11H,3-9H2,1-2H3,(H,16,17,18). The van der Waals surface area contributed by atoms with E-state index in [9.17, 15) is 0 Å². The van der Waals surface area contributed by atoms with E-state index in [1.165, 1.54) is 36.9 Å². The lowest BCUT2D eigenvalue weighted by molar-refractivity contribution is 0.379. The van der Waals surface area contributed by atoms with Crippen molar-refractivity contribution in [3.8, 4) is 0 Å². The zero-order valence-electron chi connectivity index (χ0n) is 11.5. The molecule has 1 aromatic rings. The van der Waals surface area contributed by atoms with E-state index in [-0.39, 0.29) is 0 Å². The molecule has 0 saturated heterocycles. The Morgan fingerprint density at radius 1 is 1.22 bits per heavy atom. The van der Waals surface area contributed by atoms with Crippen molar-refractivity contribution in [1.29, 1.82) is 0 Å². The topological polar surface area (TPSA) is 37.8 Å². The third kappa shape index (κ3) is 2.11. The predicted molar refractivity (Wildman–Crippen MR) is 73.7 cm³/mol. The van der Waals surface area contributed by atoms with Gasteiger partial charge in [0.2, 0.25) is 0 Å². The molecule has 2 aliphatic rings. The van der Waals surface area contributed by atoms with E-state index >= 15 is 0 Å². The molecule has 18 heavy (non-hydrogen) atoms. The number of anilines is 1. The van der Waals surface area contributed by atoms with Crippen LogP contribution in [0.2, 0.25) is 0 Å². The fourth-order valence-electron chi connectivity index (χ4n) is 3.05. The molecule has 1 N–H and O–H groups in total. The van der Waals surface area contributed by atoms with E-state index in [4.69, 9.17) is 0 Å². The SMILES string of the molecule is CC(C)C1(CNc2ncnc3c2CCCC3)CC1. The van der Waals surface area contributed by atoms with E-state index in [0.29, 0.717) is 5.41 Å². The molecule has 3 rings (SSSR count). The smallest absolute Gasteiger partial charge is 0.132 e.